The number of rotatable bonds is 10. The number of carbonyl (C=O) groups is 4. The van der Waals surface area contributed by atoms with Gasteiger partial charge in [-0.05, 0) is 25.8 Å². The van der Waals surface area contributed by atoms with Gasteiger partial charge in [0.2, 0.25) is 0 Å². The molecular weight excluding hydrogens is 406 g/mol. The molecular formula is C18H29NO9S. The van der Waals surface area contributed by atoms with Gasteiger partial charge in [-0.15, -0.1) is 11.8 Å². The minimum Gasteiger partial charge on any atom is -0.463 e. The van der Waals surface area contributed by atoms with E-state index in [1.807, 2.05) is 7.05 Å². The second-order valence-electron chi connectivity index (χ2n) is 6.40. The number of ether oxygens (including phenoxy) is 5. The Morgan fingerprint density at radius 1 is 0.862 bits per heavy atom. The lowest BCUT2D eigenvalue weighted by Crippen LogP contribution is -2.61. The van der Waals surface area contributed by atoms with Crippen LogP contribution >= 0.6 is 11.8 Å². The molecule has 0 amide bonds. The summed E-state index contributed by atoms with van der Waals surface area (Å²) in [6, 6.07) is 0. The van der Waals surface area contributed by atoms with Gasteiger partial charge in [-0.2, -0.15) is 0 Å². The monoisotopic (exact) mass is 435 g/mol. The van der Waals surface area contributed by atoms with Gasteiger partial charge in [0, 0.05) is 27.7 Å². The fraction of sp³-hybridized carbons (Fsp3) is 0.778. The van der Waals surface area contributed by atoms with Crippen LogP contribution in [-0.4, -0.2) is 79.7 Å². The Labute approximate surface area is 174 Å². The summed E-state index contributed by atoms with van der Waals surface area (Å²) >= 11 is 1.37. The number of hydrogen-bond acceptors (Lipinski definition) is 11. The Morgan fingerprint density at radius 2 is 1.41 bits per heavy atom. The van der Waals surface area contributed by atoms with Crippen LogP contribution in [0.4, 0.5) is 0 Å². The summed E-state index contributed by atoms with van der Waals surface area (Å²) in [6.07, 6.45) is -3.33. The Hall–Kier alpha value is -1.85. The molecule has 0 unspecified atom stereocenters. The highest BCUT2D eigenvalue weighted by Gasteiger charge is 2.52. The van der Waals surface area contributed by atoms with E-state index in [0.717, 1.165) is 13.0 Å². The lowest BCUT2D eigenvalue weighted by Gasteiger charge is -2.44. The molecule has 10 nitrogen and oxygen atoms in total. The summed E-state index contributed by atoms with van der Waals surface area (Å²) in [7, 11) is 1.83. The van der Waals surface area contributed by atoms with Gasteiger partial charge in [-0.3, -0.25) is 19.2 Å². The molecule has 0 spiro atoms. The zero-order valence-corrected chi connectivity index (χ0v) is 18.1. The predicted molar refractivity (Wildman–Crippen MR) is 103 cm³/mol. The largest absolute Gasteiger partial charge is 0.463 e. The molecule has 0 radical (unpaired) electrons. The molecule has 0 saturated carbocycles. The Kier molecular flexibility index (Phi) is 11.0. The average molecular weight is 435 g/mol. The Balaban J connectivity index is 3.17. The van der Waals surface area contributed by atoms with E-state index in [1.54, 1.807) is 0 Å². The number of hydrogen-bond donors (Lipinski definition) is 1. The molecule has 5 atom stereocenters. The van der Waals surface area contributed by atoms with E-state index in [-0.39, 0.29) is 6.61 Å². The summed E-state index contributed by atoms with van der Waals surface area (Å²) in [4.78, 5) is 46.3. The van der Waals surface area contributed by atoms with Crippen LogP contribution in [0, 0.1) is 0 Å². The van der Waals surface area contributed by atoms with Crippen molar-refractivity contribution in [2.24, 2.45) is 0 Å². The van der Waals surface area contributed by atoms with E-state index in [2.05, 4.69) is 5.32 Å². The zero-order valence-electron chi connectivity index (χ0n) is 17.3. The SMILES string of the molecule is CNCCCS[C@@H]1O[C@H](COC(C)=O)[C@@H](OC(C)=O)[C@H](OC(C)=O)[C@H]1OC(C)=O. The maximum atomic E-state index is 11.7. The van der Waals surface area contributed by atoms with Gasteiger partial charge in [0.25, 0.3) is 0 Å². The molecule has 0 bridgehead atoms. The van der Waals surface area contributed by atoms with E-state index < -0.39 is 53.7 Å². The Morgan fingerprint density at radius 3 is 1.93 bits per heavy atom. The van der Waals surface area contributed by atoms with Crippen LogP contribution in [0.3, 0.4) is 0 Å². The molecule has 0 aromatic rings. The van der Waals surface area contributed by atoms with E-state index in [0.29, 0.717) is 5.75 Å². The van der Waals surface area contributed by atoms with Gasteiger partial charge >= 0.3 is 23.9 Å². The van der Waals surface area contributed by atoms with Crippen molar-refractivity contribution in [3.63, 3.8) is 0 Å². The number of thioether (sulfide) groups is 1. The zero-order chi connectivity index (χ0) is 22.0. The molecule has 1 aliphatic rings. The van der Waals surface area contributed by atoms with Crippen LogP contribution in [0.15, 0.2) is 0 Å². The van der Waals surface area contributed by atoms with Crippen molar-refractivity contribution in [3.05, 3.63) is 0 Å². The fourth-order valence-electron chi connectivity index (χ4n) is 2.77. The molecule has 0 aromatic heterocycles. The summed E-state index contributed by atoms with van der Waals surface area (Å²) in [5, 5.41) is 3.03. The second kappa shape index (κ2) is 12.7. The second-order valence-corrected chi connectivity index (χ2v) is 7.60. The highest BCUT2D eigenvalue weighted by molar-refractivity contribution is 7.99. The van der Waals surface area contributed by atoms with Crippen LogP contribution in [0.25, 0.3) is 0 Å². The molecule has 1 heterocycles. The average Bonchev–Trinajstić information content (AvgIpc) is 2.60. The van der Waals surface area contributed by atoms with Gasteiger partial charge in [-0.25, -0.2) is 0 Å². The van der Waals surface area contributed by atoms with Crippen LogP contribution < -0.4 is 5.32 Å². The van der Waals surface area contributed by atoms with Gasteiger partial charge in [0.05, 0.1) is 0 Å². The van der Waals surface area contributed by atoms with Gasteiger partial charge < -0.3 is 29.0 Å². The highest BCUT2D eigenvalue weighted by Crippen LogP contribution is 2.34. The quantitative estimate of drug-likeness (QED) is 0.291. The van der Waals surface area contributed by atoms with Gasteiger partial charge in [0.1, 0.15) is 18.1 Å². The molecule has 1 N–H and O–H groups in total. The maximum absolute atomic E-state index is 11.7. The summed E-state index contributed by atoms with van der Waals surface area (Å²) in [5.41, 5.74) is -0.715. The molecule has 11 heteroatoms. The first-order valence-corrected chi connectivity index (χ1v) is 10.3. The third kappa shape index (κ3) is 9.01. The van der Waals surface area contributed by atoms with Crippen molar-refractivity contribution in [3.8, 4) is 0 Å². The highest BCUT2D eigenvalue weighted by atomic mass is 32.2. The molecule has 1 fully saturated rings. The minimum absolute atomic E-state index is 0.217. The lowest BCUT2D eigenvalue weighted by molar-refractivity contribution is -0.237. The smallest absolute Gasteiger partial charge is 0.303 e. The van der Waals surface area contributed by atoms with E-state index in [4.69, 9.17) is 23.7 Å². The van der Waals surface area contributed by atoms with Crippen molar-refractivity contribution in [1.29, 1.82) is 0 Å². The van der Waals surface area contributed by atoms with Crippen molar-refractivity contribution in [2.75, 3.05) is 26.0 Å². The third-order valence-corrected chi connectivity index (χ3v) is 5.03. The van der Waals surface area contributed by atoms with Gasteiger partial charge in [-0.1, -0.05) is 0 Å². The summed E-state index contributed by atoms with van der Waals surface area (Å²) in [5.74, 6) is -1.77. The van der Waals surface area contributed by atoms with Crippen molar-refractivity contribution >= 4 is 35.6 Å². The number of carbonyl (C=O) groups excluding carboxylic acids is 4. The Bertz CT molecular complexity index is 586. The lowest BCUT2D eigenvalue weighted by atomic mass is 9.99. The van der Waals surface area contributed by atoms with Gasteiger partial charge in [0.15, 0.2) is 18.3 Å². The van der Waals surface area contributed by atoms with Crippen molar-refractivity contribution in [1.82, 2.24) is 5.32 Å². The molecule has 0 aliphatic carbocycles. The van der Waals surface area contributed by atoms with Crippen molar-refractivity contribution in [2.45, 2.75) is 64.0 Å². The third-order valence-electron chi connectivity index (χ3n) is 3.80. The van der Waals surface area contributed by atoms with Crippen LogP contribution in [0.1, 0.15) is 34.1 Å². The fourth-order valence-corrected chi connectivity index (χ4v) is 3.94. The van der Waals surface area contributed by atoms with Crippen LogP contribution in [-0.2, 0) is 42.9 Å². The summed E-state index contributed by atoms with van der Waals surface area (Å²) < 4.78 is 27.1. The van der Waals surface area contributed by atoms with E-state index in [9.17, 15) is 19.2 Å². The molecule has 0 aromatic carbocycles. The topological polar surface area (TPSA) is 126 Å². The van der Waals surface area contributed by atoms with Crippen LogP contribution in [0.2, 0.25) is 0 Å². The van der Waals surface area contributed by atoms with Crippen molar-refractivity contribution < 1.29 is 42.9 Å². The molecule has 29 heavy (non-hydrogen) atoms. The summed E-state index contributed by atoms with van der Waals surface area (Å²) in [6.45, 7) is 5.40. The van der Waals surface area contributed by atoms with Crippen LogP contribution in [0.5, 0.6) is 0 Å². The predicted octanol–water partition coefficient (Wildman–Crippen LogP) is 0.412. The first-order chi connectivity index (χ1) is 13.6. The minimum atomic E-state index is -1.12. The first kappa shape index (κ1) is 25.2. The molecule has 166 valence electrons. The molecule has 1 aliphatic heterocycles. The normalized spacial score (nSPS) is 26.3. The number of nitrogens with one attached hydrogen (secondary N) is 1. The maximum Gasteiger partial charge on any atom is 0.303 e. The number of esters is 4. The van der Waals surface area contributed by atoms with E-state index in [1.165, 1.54) is 39.5 Å². The standard InChI is InChI=1S/C18H29NO9S/c1-10(20)24-9-14-15(25-11(2)21)16(26-12(3)22)17(27-13(4)23)18(28-14)29-8-6-7-19-5/h14-19H,6-9H2,1-5H3/t14-,15-,16+,17-,18+/m1/s1. The van der Waals surface area contributed by atoms with E-state index >= 15 is 0 Å². The molecule has 1 rings (SSSR count). The first-order valence-electron chi connectivity index (χ1n) is 9.22. The molecule has 1 saturated heterocycles.